The van der Waals surface area contributed by atoms with Gasteiger partial charge in [-0.3, -0.25) is 0 Å². The van der Waals surface area contributed by atoms with Crippen LogP contribution >= 0.6 is 0 Å². The lowest BCUT2D eigenvalue weighted by Crippen LogP contribution is -2.05. The molecule has 0 aliphatic carbocycles. The third-order valence-electron chi connectivity index (χ3n) is 1.70. The van der Waals surface area contributed by atoms with Crippen LogP contribution in [-0.2, 0) is 0 Å². The Morgan fingerprint density at radius 1 is 1.43 bits per heavy atom. The van der Waals surface area contributed by atoms with Crippen LogP contribution in [0.15, 0.2) is 18.5 Å². The number of ether oxygens (including phenoxy) is 1. The number of nitrogens with one attached hydrogen (secondary N) is 1. The number of methoxy groups -OCH3 is 1. The van der Waals surface area contributed by atoms with Crippen LogP contribution in [0.2, 0.25) is 0 Å². The first-order valence-corrected chi connectivity index (χ1v) is 4.54. The van der Waals surface area contributed by atoms with Crippen LogP contribution < -0.4 is 10.1 Å². The van der Waals surface area contributed by atoms with Crippen LogP contribution in [-0.4, -0.2) is 30.7 Å². The Morgan fingerprint density at radius 2 is 2.14 bits per heavy atom. The zero-order chi connectivity index (χ0) is 10.2. The fourth-order valence-electron chi connectivity index (χ4n) is 0.965. The van der Waals surface area contributed by atoms with Crippen LogP contribution in [0.3, 0.4) is 0 Å². The van der Waals surface area contributed by atoms with Crippen molar-refractivity contribution in [2.75, 3.05) is 20.7 Å². The van der Waals surface area contributed by atoms with Gasteiger partial charge in [0.1, 0.15) is 0 Å². The summed E-state index contributed by atoms with van der Waals surface area (Å²) < 4.78 is 4.86. The molecule has 4 nitrogen and oxygen atoms in total. The molecule has 1 heterocycles. The highest BCUT2D eigenvalue weighted by Crippen LogP contribution is 2.03. The maximum absolute atomic E-state index is 4.86. The van der Waals surface area contributed by atoms with Gasteiger partial charge >= 0.3 is 6.01 Å². The second-order valence-electron chi connectivity index (χ2n) is 2.80. The maximum Gasteiger partial charge on any atom is 0.316 e. The summed E-state index contributed by atoms with van der Waals surface area (Å²) in [5.41, 5.74) is 0.988. The minimum Gasteiger partial charge on any atom is -0.467 e. The first-order chi connectivity index (χ1) is 6.86. The molecule has 76 valence electrons. The van der Waals surface area contributed by atoms with Gasteiger partial charge in [0.25, 0.3) is 0 Å². The molecule has 0 aliphatic rings. The van der Waals surface area contributed by atoms with Gasteiger partial charge < -0.3 is 10.1 Å². The van der Waals surface area contributed by atoms with Gasteiger partial charge in [0.15, 0.2) is 0 Å². The van der Waals surface area contributed by atoms with Crippen molar-refractivity contribution in [2.24, 2.45) is 0 Å². The second-order valence-corrected chi connectivity index (χ2v) is 2.80. The van der Waals surface area contributed by atoms with E-state index < -0.39 is 0 Å². The summed E-state index contributed by atoms with van der Waals surface area (Å²) in [6, 6.07) is 0.400. The van der Waals surface area contributed by atoms with Gasteiger partial charge in [0.2, 0.25) is 0 Å². The minimum atomic E-state index is 0.400. The summed E-state index contributed by atoms with van der Waals surface area (Å²) >= 11 is 0. The van der Waals surface area contributed by atoms with E-state index in [1.807, 2.05) is 13.1 Å². The molecule has 0 spiro atoms. The molecule has 0 fully saturated rings. The molecule has 0 saturated heterocycles. The van der Waals surface area contributed by atoms with E-state index >= 15 is 0 Å². The topological polar surface area (TPSA) is 47.0 Å². The molecule has 0 bridgehead atoms. The van der Waals surface area contributed by atoms with E-state index in [1.54, 1.807) is 19.5 Å². The molecule has 0 aliphatic heterocycles. The van der Waals surface area contributed by atoms with Crippen LogP contribution in [0.4, 0.5) is 0 Å². The van der Waals surface area contributed by atoms with E-state index in [9.17, 15) is 0 Å². The third-order valence-corrected chi connectivity index (χ3v) is 1.70. The van der Waals surface area contributed by atoms with Crippen molar-refractivity contribution in [2.45, 2.75) is 6.42 Å². The Bertz CT molecular complexity index is 282. The van der Waals surface area contributed by atoms with Gasteiger partial charge in [-0.15, -0.1) is 0 Å². The lowest BCUT2D eigenvalue weighted by molar-refractivity contribution is 0.379. The lowest BCUT2D eigenvalue weighted by atomic mass is 10.3. The van der Waals surface area contributed by atoms with Crippen molar-refractivity contribution in [1.29, 1.82) is 0 Å². The predicted molar refractivity (Wildman–Crippen MR) is 56.2 cm³/mol. The van der Waals surface area contributed by atoms with E-state index in [2.05, 4.69) is 21.4 Å². The molecular formula is C10H15N3O. The monoisotopic (exact) mass is 193 g/mol. The van der Waals surface area contributed by atoms with Crippen LogP contribution in [0.25, 0.3) is 6.08 Å². The molecule has 0 radical (unpaired) electrons. The smallest absolute Gasteiger partial charge is 0.316 e. The van der Waals surface area contributed by atoms with E-state index in [4.69, 9.17) is 4.74 Å². The Hall–Kier alpha value is -1.42. The van der Waals surface area contributed by atoms with Gasteiger partial charge in [0, 0.05) is 18.0 Å². The Balaban J connectivity index is 2.47. The largest absolute Gasteiger partial charge is 0.467 e. The zero-order valence-electron chi connectivity index (χ0n) is 8.53. The molecule has 0 amide bonds. The summed E-state index contributed by atoms with van der Waals surface area (Å²) in [5, 5.41) is 3.07. The molecule has 0 saturated carbocycles. The summed E-state index contributed by atoms with van der Waals surface area (Å²) in [5.74, 6) is 0. The van der Waals surface area contributed by atoms with Crippen molar-refractivity contribution in [1.82, 2.24) is 15.3 Å². The number of hydrogen-bond donors (Lipinski definition) is 1. The van der Waals surface area contributed by atoms with Crippen molar-refractivity contribution in [3.05, 3.63) is 24.0 Å². The average Bonchev–Trinajstić information content (AvgIpc) is 2.25. The molecule has 1 aromatic heterocycles. The SMILES string of the molecule is CNCCC=Cc1cnc(OC)nc1. The van der Waals surface area contributed by atoms with Crippen molar-refractivity contribution >= 4 is 6.08 Å². The van der Waals surface area contributed by atoms with E-state index in [0.717, 1.165) is 18.5 Å². The molecular weight excluding hydrogens is 178 g/mol. The molecule has 1 N–H and O–H groups in total. The van der Waals surface area contributed by atoms with Gasteiger partial charge in [-0.1, -0.05) is 12.2 Å². The second kappa shape index (κ2) is 6.10. The Labute approximate surface area is 84.0 Å². The molecule has 0 atom stereocenters. The first-order valence-electron chi connectivity index (χ1n) is 4.54. The van der Waals surface area contributed by atoms with Crippen LogP contribution in [0, 0.1) is 0 Å². The Kier molecular flexibility index (Phi) is 4.64. The van der Waals surface area contributed by atoms with E-state index in [0.29, 0.717) is 6.01 Å². The maximum atomic E-state index is 4.86. The molecule has 1 rings (SSSR count). The highest BCUT2D eigenvalue weighted by molar-refractivity contribution is 5.46. The Morgan fingerprint density at radius 3 is 2.71 bits per heavy atom. The van der Waals surface area contributed by atoms with Crippen LogP contribution in [0.5, 0.6) is 6.01 Å². The highest BCUT2D eigenvalue weighted by Gasteiger charge is 1.92. The van der Waals surface area contributed by atoms with Crippen molar-refractivity contribution in [3.8, 4) is 6.01 Å². The number of hydrogen-bond acceptors (Lipinski definition) is 4. The highest BCUT2D eigenvalue weighted by atomic mass is 16.5. The fourth-order valence-corrected chi connectivity index (χ4v) is 0.965. The van der Waals surface area contributed by atoms with Crippen molar-refractivity contribution in [3.63, 3.8) is 0 Å². The molecule has 4 heteroatoms. The summed E-state index contributed by atoms with van der Waals surface area (Å²) in [7, 11) is 3.49. The molecule has 1 aromatic rings. The minimum absolute atomic E-state index is 0.400. The van der Waals surface area contributed by atoms with Gasteiger partial charge in [0.05, 0.1) is 7.11 Å². The summed E-state index contributed by atoms with van der Waals surface area (Å²) in [4.78, 5) is 7.99. The first kappa shape index (κ1) is 10.7. The average molecular weight is 193 g/mol. The van der Waals surface area contributed by atoms with E-state index in [1.165, 1.54) is 0 Å². The summed E-state index contributed by atoms with van der Waals surface area (Å²) in [6.45, 7) is 0.980. The zero-order valence-corrected chi connectivity index (χ0v) is 8.53. The number of rotatable bonds is 5. The van der Waals surface area contributed by atoms with Gasteiger partial charge in [-0.05, 0) is 20.0 Å². The van der Waals surface area contributed by atoms with E-state index in [-0.39, 0.29) is 0 Å². The molecule has 14 heavy (non-hydrogen) atoms. The third kappa shape index (κ3) is 3.53. The van der Waals surface area contributed by atoms with Gasteiger partial charge in [-0.25, -0.2) is 9.97 Å². The van der Waals surface area contributed by atoms with Gasteiger partial charge in [-0.2, -0.15) is 0 Å². The lowest BCUT2D eigenvalue weighted by Gasteiger charge is -1.96. The standard InChI is InChI=1S/C10H15N3O/c1-11-6-4-3-5-9-7-12-10(14-2)13-8-9/h3,5,7-8,11H,4,6H2,1-2H3. The van der Waals surface area contributed by atoms with Crippen LogP contribution in [0.1, 0.15) is 12.0 Å². The number of aromatic nitrogens is 2. The van der Waals surface area contributed by atoms with Crippen molar-refractivity contribution < 1.29 is 4.74 Å². The normalized spacial score (nSPS) is 10.7. The summed E-state index contributed by atoms with van der Waals surface area (Å²) in [6.07, 6.45) is 8.56. The fraction of sp³-hybridized carbons (Fsp3) is 0.400. The predicted octanol–water partition coefficient (Wildman–Crippen LogP) is 1.11. The quantitative estimate of drug-likeness (QED) is 0.711. The molecule has 0 unspecified atom stereocenters. The number of nitrogens with zero attached hydrogens (tertiary/aromatic N) is 2. The molecule has 0 aromatic carbocycles.